The van der Waals surface area contributed by atoms with Gasteiger partial charge in [0, 0.05) is 38.3 Å². The van der Waals surface area contributed by atoms with Crippen LogP contribution in [0.15, 0.2) is 36.7 Å². The van der Waals surface area contributed by atoms with Crippen LogP contribution in [0.3, 0.4) is 0 Å². The van der Waals surface area contributed by atoms with Crippen molar-refractivity contribution in [2.75, 3.05) is 19.3 Å². The van der Waals surface area contributed by atoms with Crippen LogP contribution in [0.4, 0.5) is 23.4 Å². The van der Waals surface area contributed by atoms with Crippen molar-refractivity contribution >= 4 is 33.5 Å². The maximum absolute atomic E-state index is 15.1. The van der Waals surface area contributed by atoms with Gasteiger partial charge in [-0.25, -0.2) is 14.4 Å². The van der Waals surface area contributed by atoms with Gasteiger partial charge in [-0.15, -0.1) is 0 Å². The Kier molecular flexibility index (Phi) is 5.86. The molecule has 1 aromatic carbocycles. The highest BCUT2D eigenvalue weighted by Gasteiger charge is 2.31. The summed E-state index contributed by atoms with van der Waals surface area (Å²) in [7, 11) is 3.31. The van der Waals surface area contributed by atoms with Gasteiger partial charge in [0.2, 0.25) is 0 Å². The number of rotatable bonds is 5. The first-order valence-corrected chi connectivity index (χ1v) is 10.3. The molecule has 0 aliphatic rings. The zero-order valence-corrected chi connectivity index (χ0v) is 18.6. The average molecular weight is 475 g/mol. The van der Waals surface area contributed by atoms with Crippen molar-refractivity contribution in [1.29, 1.82) is 0 Å². The minimum absolute atomic E-state index is 0.153. The van der Waals surface area contributed by atoms with E-state index in [4.69, 9.17) is 5.73 Å². The van der Waals surface area contributed by atoms with Gasteiger partial charge in [0.1, 0.15) is 11.6 Å². The molecule has 0 aliphatic heterocycles. The maximum atomic E-state index is 15.1. The summed E-state index contributed by atoms with van der Waals surface area (Å²) in [6.07, 6.45) is -2.28. The number of nitrogens with two attached hydrogens (primary N) is 1. The summed E-state index contributed by atoms with van der Waals surface area (Å²) in [6.45, 7) is 2.01. The second kappa shape index (κ2) is 8.52. The topological polar surface area (TPSA) is 93.2 Å². The van der Waals surface area contributed by atoms with Crippen molar-refractivity contribution in [1.82, 2.24) is 29.8 Å². The number of anilines is 1. The number of halogens is 4. The zero-order valence-electron chi connectivity index (χ0n) is 18.6. The Labute approximate surface area is 191 Å². The number of fused-ring (bicyclic) bond motifs is 3. The van der Waals surface area contributed by atoms with Crippen LogP contribution in [0.5, 0.6) is 0 Å². The number of carbonyl (C=O) groups is 1. The first-order valence-electron chi connectivity index (χ1n) is 10.3. The average Bonchev–Trinajstić information content (AvgIpc) is 3.18. The van der Waals surface area contributed by atoms with Crippen LogP contribution < -0.4 is 5.73 Å². The van der Waals surface area contributed by atoms with Crippen LogP contribution in [0.1, 0.15) is 28.5 Å². The van der Waals surface area contributed by atoms with Gasteiger partial charge in [-0.05, 0) is 18.2 Å². The van der Waals surface area contributed by atoms with Gasteiger partial charge in [0.25, 0.3) is 5.91 Å². The predicted octanol–water partition coefficient (Wildman–Crippen LogP) is 3.77. The Balaban J connectivity index is 1.76. The molecule has 0 fully saturated rings. The maximum Gasteiger partial charge on any atom is 0.417 e. The van der Waals surface area contributed by atoms with Crippen LogP contribution in [0, 0.1) is 5.82 Å². The molecule has 3 aromatic heterocycles. The fraction of sp³-hybridized carbons (Fsp3) is 0.273. The van der Waals surface area contributed by atoms with Crippen molar-refractivity contribution in [3.05, 3.63) is 59.3 Å². The second-order valence-electron chi connectivity index (χ2n) is 7.75. The molecular weight excluding hydrogens is 454 g/mol. The van der Waals surface area contributed by atoms with Crippen molar-refractivity contribution in [3.8, 4) is 0 Å². The summed E-state index contributed by atoms with van der Waals surface area (Å²) < 4.78 is 55.2. The number of aryl methyl sites for hydroxylation is 1. The van der Waals surface area contributed by atoms with Crippen molar-refractivity contribution in [2.45, 2.75) is 19.6 Å². The molecule has 34 heavy (non-hydrogen) atoms. The van der Waals surface area contributed by atoms with E-state index in [0.29, 0.717) is 29.0 Å². The Morgan fingerprint density at radius 2 is 1.91 bits per heavy atom. The molecule has 0 radical (unpaired) electrons. The van der Waals surface area contributed by atoms with Crippen molar-refractivity contribution in [2.24, 2.45) is 7.05 Å². The monoisotopic (exact) mass is 475 g/mol. The van der Waals surface area contributed by atoms with Crippen LogP contribution in [0.25, 0.3) is 21.8 Å². The van der Waals surface area contributed by atoms with E-state index in [2.05, 4.69) is 15.1 Å². The highest BCUT2D eigenvalue weighted by Crippen LogP contribution is 2.31. The molecule has 4 aromatic rings. The van der Waals surface area contributed by atoms with Crippen molar-refractivity contribution < 1.29 is 22.4 Å². The van der Waals surface area contributed by atoms with E-state index in [1.54, 1.807) is 25.7 Å². The molecule has 0 spiro atoms. The first kappa shape index (κ1) is 23.4. The van der Waals surface area contributed by atoms with E-state index in [1.165, 1.54) is 28.3 Å². The molecular formula is C22H21F4N7O. The third-order valence-electron chi connectivity index (χ3n) is 5.59. The molecule has 0 unspecified atom stereocenters. The predicted molar refractivity (Wildman–Crippen MR) is 118 cm³/mol. The molecule has 12 heteroatoms. The summed E-state index contributed by atoms with van der Waals surface area (Å²) in [5, 5.41) is 7.99. The van der Waals surface area contributed by atoms with Gasteiger partial charge in [0.05, 0.1) is 46.0 Å². The number of pyridine rings is 2. The van der Waals surface area contributed by atoms with Gasteiger partial charge < -0.3 is 5.73 Å². The number of nitrogen functional groups attached to an aromatic ring is 1. The Morgan fingerprint density at radius 3 is 2.53 bits per heavy atom. The lowest BCUT2D eigenvalue weighted by atomic mass is 10.1. The highest BCUT2D eigenvalue weighted by molar-refractivity contribution is 6.10. The van der Waals surface area contributed by atoms with E-state index in [-0.39, 0.29) is 29.1 Å². The fourth-order valence-corrected chi connectivity index (χ4v) is 3.64. The molecule has 2 N–H and O–H groups in total. The van der Waals surface area contributed by atoms with Crippen LogP contribution >= 0.6 is 0 Å². The van der Waals surface area contributed by atoms with Crippen molar-refractivity contribution in [3.63, 3.8) is 0 Å². The number of hydrogen-bond donors (Lipinski definition) is 1. The van der Waals surface area contributed by atoms with Gasteiger partial charge in [-0.3, -0.25) is 19.5 Å². The van der Waals surface area contributed by atoms with Gasteiger partial charge >= 0.3 is 6.18 Å². The number of hydrogen-bond acceptors (Lipinski definition) is 6. The van der Waals surface area contributed by atoms with Crippen LogP contribution in [-0.4, -0.2) is 49.3 Å². The standard InChI is InChI=1S/C22H21F4N7O/c1-4-31(2)33(11-13-6-5-12(9-28-13)22(24,25)26)21(34)14-7-15-18(8-17(14)23)30-20(27)16-10-29-32(3)19(15)16/h5-10H,4,11H2,1-3H3,(H2,27,30). The lowest BCUT2D eigenvalue weighted by molar-refractivity contribution is -0.137. The first-order chi connectivity index (χ1) is 16.0. The minimum Gasteiger partial charge on any atom is -0.383 e. The largest absolute Gasteiger partial charge is 0.417 e. The fourth-order valence-electron chi connectivity index (χ4n) is 3.64. The lowest BCUT2D eigenvalue weighted by Crippen LogP contribution is -2.44. The van der Waals surface area contributed by atoms with Crippen LogP contribution in [0.2, 0.25) is 0 Å². The molecule has 0 saturated carbocycles. The SMILES string of the molecule is CCN(C)N(Cc1ccc(C(F)(F)F)cn1)C(=O)c1cc2c(cc1F)nc(N)c1cnn(C)c12. The van der Waals surface area contributed by atoms with E-state index in [0.717, 1.165) is 12.1 Å². The number of nitrogens with zero attached hydrogens (tertiary/aromatic N) is 6. The minimum atomic E-state index is -4.52. The molecule has 8 nitrogen and oxygen atoms in total. The van der Waals surface area contributed by atoms with Gasteiger partial charge in [-0.2, -0.15) is 18.3 Å². The van der Waals surface area contributed by atoms with Gasteiger partial charge in [0.15, 0.2) is 0 Å². The number of hydrazine groups is 1. The number of carbonyl (C=O) groups excluding carboxylic acids is 1. The molecule has 4 rings (SSSR count). The molecule has 3 heterocycles. The van der Waals surface area contributed by atoms with E-state index >= 15 is 4.39 Å². The lowest BCUT2D eigenvalue weighted by Gasteiger charge is -2.31. The van der Waals surface area contributed by atoms with E-state index in [9.17, 15) is 18.0 Å². The Bertz CT molecular complexity index is 1380. The molecule has 178 valence electrons. The molecule has 0 aliphatic carbocycles. The van der Waals surface area contributed by atoms with Crippen LogP contribution in [-0.2, 0) is 19.8 Å². The third kappa shape index (κ3) is 4.12. The summed E-state index contributed by atoms with van der Waals surface area (Å²) in [6, 6.07) is 4.60. The summed E-state index contributed by atoms with van der Waals surface area (Å²) in [5.74, 6) is -1.30. The smallest absolute Gasteiger partial charge is 0.383 e. The number of amides is 1. The highest BCUT2D eigenvalue weighted by atomic mass is 19.4. The third-order valence-corrected chi connectivity index (χ3v) is 5.59. The molecule has 0 atom stereocenters. The molecule has 1 amide bonds. The quantitative estimate of drug-likeness (QED) is 0.349. The zero-order chi connectivity index (χ0) is 24.8. The van der Waals surface area contributed by atoms with E-state index < -0.39 is 23.5 Å². The molecule has 0 bridgehead atoms. The number of alkyl halides is 3. The summed E-state index contributed by atoms with van der Waals surface area (Å²) in [4.78, 5) is 21.5. The van der Waals surface area contributed by atoms with E-state index in [1.807, 2.05) is 0 Å². The normalized spacial score (nSPS) is 12.1. The number of aromatic nitrogens is 4. The number of benzene rings is 1. The summed E-state index contributed by atoms with van der Waals surface area (Å²) >= 11 is 0. The Hall–Kier alpha value is -3.80. The molecule has 0 saturated heterocycles. The van der Waals surface area contributed by atoms with Gasteiger partial charge in [-0.1, -0.05) is 6.92 Å². The second-order valence-corrected chi connectivity index (χ2v) is 7.75. The summed E-state index contributed by atoms with van der Waals surface area (Å²) in [5.41, 5.74) is 5.92. The Morgan fingerprint density at radius 1 is 1.18 bits per heavy atom.